The molecule has 0 heterocycles. The maximum absolute atomic E-state index is 10.7. The predicted molar refractivity (Wildman–Crippen MR) is 87.2 cm³/mol. The third-order valence-corrected chi connectivity index (χ3v) is 5.45. The molecule has 2 aromatic rings. The van der Waals surface area contributed by atoms with E-state index in [1.807, 2.05) is 6.07 Å². The van der Waals surface area contributed by atoms with Gasteiger partial charge in [-0.05, 0) is 35.8 Å². The molecular weight excluding hydrogens is 256 g/mol. The minimum Gasteiger partial charge on any atom is -0.392 e. The number of aliphatic hydroxyl groups is 1. The number of hydrogen-bond donors (Lipinski definition) is 1. The molecule has 0 spiro atoms. The van der Waals surface area contributed by atoms with Gasteiger partial charge in [0.25, 0.3) is 0 Å². The highest BCUT2D eigenvalue weighted by molar-refractivity contribution is 5.31. The standard InChI is InChI=1S/C20H24O/c1-3-20(2)18(16-12-8-5-9-13-16)17(19(20)21)14-15-10-6-4-7-11-15/h4-13,17-19,21H,3,14H2,1-2H3. The zero-order chi connectivity index (χ0) is 14.9. The van der Waals surface area contributed by atoms with E-state index in [9.17, 15) is 5.11 Å². The van der Waals surface area contributed by atoms with Crippen LogP contribution >= 0.6 is 0 Å². The number of aliphatic hydroxyl groups excluding tert-OH is 1. The molecule has 4 unspecified atom stereocenters. The second-order valence-electron chi connectivity index (χ2n) is 6.55. The molecule has 3 rings (SSSR count). The van der Waals surface area contributed by atoms with E-state index in [0.717, 1.165) is 12.8 Å². The molecule has 110 valence electrons. The molecule has 1 saturated carbocycles. The number of hydrogen-bond acceptors (Lipinski definition) is 1. The molecule has 21 heavy (non-hydrogen) atoms. The van der Waals surface area contributed by atoms with Crippen molar-refractivity contribution in [3.8, 4) is 0 Å². The normalized spacial score (nSPS) is 31.7. The first kappa shape index (κ1) is 14.3. The third kappa shape index (κ3) is 2.40. The van der Waals surface area contributed by atoms with Crippen LogP contribution in [0.3, 0.4) is 0 Å². The van der Waals surface area contributed by atoms with Crippen LogP contribution in [0.15, 0.2) is 60.7 Å². The van der Waals surface area contributed by atoms with Gasteiger partial charge in [-0.15, -0.1) is 0 Å². The van der Waals surface area contributed by atoms with Gasteiger partial charge in [0.1, 0.15) is 0 Å². The fraction of sp³-hybridized carbons (Fsp3) is 0.400. The van der Waals surface area contributed by atoms with Gasteiger partial charge in [0.05, 0.1) is 6.10 Å². The van der Waals surface area contributed by atoms with Crippen molar-refractivity contribution in [3.63, 3.8) is 0 Å². The summed E-state index contributed by atoms with van der Waals surface area (Å²) in [5, 5.41) is 10.7. The summed E-state index contributed by atoms with van der Waals surface area (Å²) in [5.41, 5.74) is 2.69. The Morgan fingerprint density at radius 1 is 0.952 bits per heavy atom. The van der Waals surface area contributed by atoms with Crippen molar-refractivity contribution in [1.29, 1.82) is 0 Å². The lowest BCUT2D eigenvalue weighted by atomic mass is 9.48. The van der Waals surface area contributed by atoms with Crippen LogP contribution in [0.5, 0.6) is 0 Å². The topological polar surface area (TPSA) is 20.2 Å². The number of benzene rings is 2. The fourth-order valence-corrected chi connectivity index (χ4v) is 4.06. The van der Waals surface area contributed by atoms with E-state index in [1.54, 1.807) is 0 Å². The minimum absolute atomic E-state index is 0.000794. The van der Waals surface area contributed by atoms with E-state index in [1.165, 1.54) is 11.1 Å². The summed E-state index contributed by atoms with van der Waals surface area (Å²) in [6.07, 6.45) is 1.75. The maximum Gasteiger partial charge on any atom is 0.0637 e. The molecule has 0 radical (unpaired) electrons. The average Bonchev–Trinajstić information content (AvgIpc) is 2.55. The summed E-state index contributed by atoms with van der Waals surface area (Å²) in [4.78, 5) is 0. The summed E-state index contributed by atoms with van der Waals surface area (Å²) < 4.78 is 0. The molecule has 0 aromatic heterocycles. The van der Waals surface area contributed by atoms with Crippen molar-refractivity contribution >= 4 is 0 Å². The Morgan fingerprint density at radius 2 is 1.52 bits per heavy atom. The van der Waals surface area contributed by atoms with Crippen molar-refractivity contribution in [1.82, 2.24) is 0 Å². The average molecular weight is 280 g/mol. The Bertz CT molecular complexity index is 577. The molecule has 1 nitrogen and oxygen atoms in total. The molecule has 1 heteroatoms. The summed E-state index contributed by atoms with van der Waals surface area (Å²) >= 11 is 0. The monoisotopic (exact) mass is 280 g/mol. The van der Waals surface area contributed by atoms with E-state index >= 15 is 0 Å². The molecule has 1 aliphatic carbocycles. The molecule has 0 aliphatic heterocycles. The Labute approximate surface area is 127 Å². The quantitative estimate of drug-likeness (QED) is 0.879. The molecule has 4 atom stereocenters. The van der Waals surface area contributed by atoms with Crippen LogP contribution in [-0.4, -0.2) is 11.2 Å². The molecule has 1 fully saturated rings. The van der Waals surface area contributed by atoms with Gasteiger partial charge in [-0.2, -0.15) is 0 Å². The summed E-state index contributed by atoms with van der Waals surface area (Å²) in [5.74, 6) is 0.763. The lowest BCUT2D eigenvalue weighted by Crippen LogP contribution is -2.58. The van der Waals surface area contributed by atoms with Crippen molar-refractivity contribution in [3.05, 3.63) is 71.8 Å². The molecular formula is C20H24O. The van der Waals surface area contributed by atoms with Crippen molar-refractivity contribution in [2.75, 3.05) is 0 Å². The zero-order valence-electron chi connectivity index (χ0n) is 12.9. The number of rotatable bonds is 4. The molecule has 0 saturated heterocycles. The summed E-state index contributed by atoms with van der Waals surface area (Å²) in [7, 11) is 0. The van der Waals surface area contributed by atoms with E-state index in [2.05, 4.69) is 68.4 Å². The van der Waals surface area contributed by atoms with Crippen LogP contribution < -0.4 is 0 Å². The molecule has 1 N–H and O–H groups in total. The first-order valence-electron chi connectivity index (χ1n) is 7.93. The molecule has 2 aromatic carbocycles. The SMILES string of the molecule is CCC1(C)C(O)C(Cc2ccccc2)C1c1ccccc1. The zero-order valence-corrected chi connectivity index (χ0v) is 12.9. The molecule has 0 bridgehead atoms. The van der Waals surface area contributed by atoms with E-state index < -0.39 is 0 Å². The first-order chi connectivity index (χ1) is 10.2. The smallest absolute Gasteiger partial charge is 0.0637 e. The van der Waals surface area contributed by atoms with Gasteiger partial charge in [-0.3, -0.25) is 0 Å². The van der Waals surface area contributed by atoms with Gasteiger partial charge in [-0.1, -0.05) is 74.5 Å². The second kappa shape index (κ2) is 5.65. The van der Waals surface area contributed by atoms with Gasteiger partial charge in [0.2, 0.25) is 0 Å². The Hall–Kier alpha value is -1.60. The van der Waals surface area contributed by atoms with Crippen molar-refractivity contribution in [2.45, 2.75) is 38.7 Å². The van der Waals surface area contributed by atoms with E-state index in [0.29, 0.717) is 11.8 Å². The highest BCUT2D eigenvalue weighted by atomic mass is 16.3. The van der Waals surface area contributed by atoms with Gasteiger partial charge < -0.3 is 5.11 Å². The van der Waals surface area contributed by atoms with Crippen LogP contribution in [-0.2, 0) is 6.42 Å². The first-order valence-corrected chi connectivity index (χ1v) is 7.93. The fourth-order valence-electron chi connectivity index (χ4n) is 4.06. The van der Waals surface area contributed by atoms with Crippen LogP contribution in [0.25, 0.3) is 0 Å². The Kier molecular flexibility index (Phi) is 3.86. The minimum atomic E-state index is -0.215. The Morgan fingerprint density at radius 3 is 2.10 bits per heavy atom. The van der Waals surface area contributed by atoms with Crippen LogP contribution in [0.1, 0.15) is 37.3 Å². The lowest BCUT2D eigenvalue weighted by Gasteiger charge is -2.58. The molecule has 1 aliphatic rings. The highest BCUT2D eigenvalue weighted by Crippen LogP contribution is 2.59. The van der Waals surface area contributed by atoms with Crippen LogP contribution in [0, 0.1) is 11.3 Å². The van der Waals surface area contributed by atoms with E-state index in [-0.39, 0.29) is 11.5 Å². The van der Waals surface area contributed by atoms with Crippen LogP contribution in [0.4, 0.5) is 0 Å². The van der Waals surface area contributed by atoms with Crippen molar-refractivity contribution < 1.29 is 5.11 Å². The van der Waals surface area contributed by atoms with E-state index in [4.69, 9.17) is 0 Å². The predicted octanol–water partition coefficient (Wildman–Crippen LogP) is 4.42. The van der Waals surface area contributed by atoms with Gasteiger partial charge >= 0.3 is 0 Å². The Balaban J connectivity index is 1.89. The largest absolute Gasteiger partial charge is 0.392 e. The summed E-state index contributed by atoms with van der Waals surface area (Å²) in [6.45, 7) is 4.43. The lowest BCUT2D eigenvalue weighted by molar-refractivity contribution is -0.136. The van der Waals surface area contributed by atoms with Crippen molar-refractivity contribution in [2.24, 2.45) is 11.3 Å². The van der Waals surface area contributed by atoms with Gasteiger partial charge in [0, 0.05) is 5.41 Å². The molecule has 0 amide bonds. The van der Waals surface area contributed by atoms with Gasteiger partial charge in [-0.25, -0.2) is 0 Å². The van der Waals surface area contributed by atoms with Gasteiger partial charge in [0.15, 0.2) is 0 Å². The highest BCUT2D eigenvalue weighted by Gasteiger charge is 2.57. The summed E-state index contributed by atoms with van der Waals surface area (Å²) in [6, 6.07) is 21.2. The maximum atomic E-state index is 10.7. The third-order valence-electron chi connectivity index (χ3n) is 5.45. The second-order valence-corrected chi connectivity index (χ2v) is 6.55. The van der Waals surface area contributed by atoms with Crippen LogP contribution in [0.2, 0.25) is 0 Å².